The minimum atomic E-state index is -0.600. The zero-order chi connectivity index (χ0) is 11.7. The van der Waals surface area contributed by atoms with Gasteiger partial charge in [0.25, 0.3) is 0 Å². The van der Waals surface area contributed by atoms with E-state index in [-0.39, 0.29) is 5.11 Å². The third kappa shape index (κ3) is 7.11. The van der Waals surface area contributed by atoms with Crippen LogP contribution in [0.15, 0.2) is 0 Å². The van der Waals surface area contributed by atoms with Gasteiger partial charge in [-0.25, -0.2) is 5.43 Å². The fraction of sp³-hybridized carbons (Fsp3) is 0.800. The molecule has 1 unspecified atom stereocenters. The van der Waals surface area contributed by atoms with E-state index in [1.165, 1.54) is 12.8 Å². The summed E-state index contributed by atoms with van der Waals surface area (Å²) in [5.41, 5.74) is 10.1. The van der Waals surface area contributed by atoms with E-state index in [1.54, 1.807) is 0 Å². The summed E-state index contributed by atoms with van der Waals surface area (Å²) in [6.45, 7) is 4.00. The first-order valence-corrected chi connectivity index (χ1v) is 5.69. The smallest absolute Gasteiger partial charge is 0.178 e. The average molecular weight is 228 g/mol. The maximum absolute atomic E-state index is 9.02. The molecular formula is C10H20N4S. The molecule has 1 atom stereocenters. The molecule has 0 rings (SSSR count). The second-order valence-corrected chi connectivity index (χ2v) is 4.31. The van der Waals surface area contributed by atoms with Crippen molar-refractivity contribution >= 4 is 17.3 Å². The fourth-order valence-electron chi connectivity index (χ4n) is 1.25. The third-order valence-electron chi connectivity index (χ3n) is 2.24. The van der Waals surface area contributed by atoms with Crippen LogP contribution in [0.4, 0.5) is 0 Å². The Labute approximate surface area is 97.2 Å². The Hall–Kier alpha value is -0.860. The van der Waals surface area contributed by atoms with E-state index >= 15 is 0 Å². The molecule has 0 aromatic heterocycles. The van der Waals surface area contributed by atoms with Crippen molar-refractivity contribution in [2.75, 3.05) is 0 Å². The molecule has 0 aliphatic rings. The molecule has 0 saturated heterocycles. The number of hydrogen-bond donors (Lipinski definition) is 3. The normalized spacial score (nSPS) is 13.9. The minimum Gasteiger partial charge on any atom is -0.375 e. The highest BCUT2D eigenvalue weighted by atomic mass is 32.1. The number of nitrogens with zero attached hydrogens (tertiary/aromatic N) is 1. The number of hydrogen-bond acceptors (Lipinski definition) is 3. The highest BCUT2D eigenvalue weighted by Crippen LogP contribution is 2.13. The van der Waals surface area contributed by atoms with Gasteiger partial charge in [-0.05, 0) is 25.6 Å². The van der Waals surface area contributed by atoms with Crippen molar-refractivity contribution in [2.24, 2.45) is 5.73 Å². The summed E-state index contributed by atoms with van der Waals surface area (Å²) in [6.07, 6.45) is 5.39. The zero-order valence-electron chi connectivity index (χ0n) is 9.47. The molecule has 4 nitrogen and oxygen atoms in total. The molecule has 86 valence electrons. The molecule has 4 N–H and O–H groups in total. The van der Waals surface area contributed by atoms with E-state index in [9.17, 15) is 0 Å². The summed E-state index contributed by atoms with van der Waals surface area (Å²) in [5.74, 6) is 0. The molecular weight excluding hydrogens is 208 g/mol. The van der Waals surface area contributed by atoms with Crippen LogP contribution < -0.4 is 16.6 Å². The van der Waals surface area contributed by atoms with Gasteiger partial charge in [0.05, 0.1) is 6.07 Å². The molecule has 0 aliphatic carbocycles. The Balaban J connectivity index is 3.87. The highest BCUT2D eigenvalue weighted by molar-refractivity contribution is 7.80. The standard InChI is InChI=1S/C10H20N4S/c1-3-4-5-6-7-10(2,8-11)14-13-9(12)15/h14H,3-7H2,1-2H3,(H3,12,13,15). The van der Waals surface area contributed by atoms with Crippen LogP contribution in [0, 0.1) is 11.3 Å². The van der Waals surface area contributed by atoms with Gasteiger partial charge in [0.1, 0.15) is 5.54 Å². The monoisotopic (exact) mass is 228 g/mol. The maximum atomic E-state index is 9.02. The lowest BCUT2D eigenvalue weighted by molar-refractivity contribution is 0.381. The fourth-order valence-corrected chi connectivity index (χ4v) is 1.30. The first kappa shape index (κ1) is 14.1. The number of rotatable bonds is 7. The van der Waals surface area contributed by atoms with Gasteiger partial charge in [0.15, 0.2) is 5.11 Å². The molecule has 0 aromatic carbocycles. The largest absolute Gasteiger partial charge is 0.375 e. The van der Waals surface area contributed by atoms with Crippen molar-refractivity contribution in [3.63, 3.8) is 0 Å². The number of thiocarbonyl (C=S) groups is 1. The SMILES string of the molecule is CCCCCCC(C)(C#N)NNC(N)=S. The van der Waals surface area contributed by atoms with Crippen molar-refractivity contribution in [2.45, 2.75) is 51.5 Å². The van der Waals surface area contributed by atoms with E-state index < -0.39 is 5.54 Å². The van der Waals surface area contributed by atoms with Crippen molar-refractivity contribution in [3.8, 4) is 6.07 Å². The summed E-state index contributed by atoms with van der Waals surface area (Å²) >= 11 is 4.66. The van der Waals surface area contributed by atoms with Crippen molar-refractivity contribution < 1.29 is 0 Å². The van der Waals surface area contributed by atoms with Crippen molar-refractivity contribution in [3.05, 3.63) is 0 Å². The molecule has 0 heterocycles. The van der Waals surface area contributed by atoms with Crippen LogP contribution in [-0.4, -0.2) is 10.7 Å². The first-order chi connectivity index (χ1) is 7.04. The van der Waals surface area contributed by atoms with E-state index in [2.05, 4.69) is 36.1 Å². The van der Waals surface area contributed by atoms with Gasteiger partial charge >= 0.3 is 0 Å². The lowest BCUT2D eigenvalue weighted by Gasteiger charge is -2.23. The van der Waals surface area contributed by atoms with Gasteiger partial charge < -0.3 is 5.73 Å². The molecule has 0 bridgehead atoms. The van der Waals surface area contributed by atoms with Crippen LogP contribution in [0.1, 0.15) is 46.0 Å². The molecule has 0 aromatic rings. The second kappa shape index (κ2) is 7.43. The number of hydrazine groups is 1. The van der Waals surface area contributed by atoms with E-state index in [0.717, 1.165) is 19.3 Å². The molecule has 15 heavy (non-hydrogen) atoms. The van der Waals surface area contributed by atoms with E-state index in [1.807, 2.05) is 6.92 Å². The van der Waals surface area contributed by atoms with Crippen LogP contribution in [0.25, 0.3) is 0 Å². The Morgan fingerprint density at radius 1 is 1.47 bits per heavy atom. The van der Waals surface area contributed by atoms with Crippen LogP contribution in [0.2, 0.25) is 0 Å². The Morgan fingerprint density at radius 3 is 2.60 bits per heavy atom. The topological polar surface area (TPSA) is 73.9 Å². The van der Waals surface area contributed by atoms with E-state index in [4.69, 9.17) is 11.0 Å². The molecule has 0 fully saturated rings. The van der Waals surface area contributed by atoms with Gasteiger partial charge in [-0.3, -0.25) is 5.43 Å². The summed E-state index contributed by atoms with van der Waals surface area (Å²) in [5, 5.41) is 9.18. The van der Waals surface area contributed by atoms with E-state index in [0.29, 0.717) is 0 Å². The molecule has 0 aliphatic heterocycles. The summed E-state index contributed by atoms with van der Waals surface area (Å²) in [6, 6.07) is 2.22. The number of nitriles is 1. The Kier molecular flexibility index (Phi) is 7.01. The van der Waals surface area contributed by atoms with Crippen molar-refractivity contribution in [1.29, 1.82) is 5.26 Å². The zero-order valence-corrected chi connectivity index (χ0v) is 10.3. The van der Waals surface area contributed by atoms with Gasteiger partial charge in [-0.15, -0.1) is 0 Å². The molecule has 0 saturated carbocycles. The average Bonchev–Trinajstić information content (AvgIpc) is 2.22. The predicted octanol–water partition coefficient (Wildman–Crippen LogP) is 1.58. The molecule has 5 heteroatoms. The quantitative estimate of drug-likeness (QED) is 0.350. The minimum absolute atomic E-state index is 0.157. The van der Waals surface area contributed by atoms with Gasteiger partial charge in [0.2, 0.25) is 0 Å². The van der Waals surface area contributed by atoms with Gasteiger partial charge in [-0.2, -0.15) is 5.26 Å². The highest BCUT2D eigenvalue weighted by Gasteiger charge is 2.22. The number of unbranched alkanes of at least 4 members (excludes halogenated alkanes) is 3. The molecule has 0 radical (unpaired) electrons. The van der Waals surface area contributed by atoms with Gasteiger partial charge in [-0.1, -0.05) is 32.6 Å². The Morgan fingerprint density at radius 2 is 2.13 bits per heavy atom. The van der Waals surface area contributed by atoms with Gasteiger partial charge in [0, 0.05) is 0 Å². The lowest BCUT2D eigenvalue weighted by Crippen LogP contribution is -2.53. The van der Waals surface area contributed by atoms with Crippen molar-refractivity contribution in [1.82, 2.24) is 10.9 Å². The first-order valence-electron chi connectivity index (χ1n) is 5.28. The summed E-state index contributed by atoms with van der Waals surface area (Å²) in [4.78, 5) is 0. The van der Waals surface area contributed by atoms with Crippen LogP contribution in [0.3, 0.4) is 0 Å². The summed E-state index contributed by atoms with van der Waals surface area (Å²) < 4.78 is 0. The lowest BCUT2D eigenvalue weighted by atomic mass is 9.97. The van der Waals surface area contributed by atoms with Crippen LogP contribution in [-0.2, 0) is 0 Å². The number of nitrogens with two attached hydrogens (primary N) is 1. The molecule has 0 amide bonds. The van der Waals surface area contributed by atoms with Crippen LogP contribution >= 0.6 is 12.2 Å². The second-order valence-electron chi connectivity index (χ2n) is 3.87. The number of nitrogens with one attached hydrogen (secondary N) is 2. The van der Waals surface area contributed by atoms with Crippen LogP contribution in [0.5, 0.6) is 0 Å². The third-order valence-corrected chi connectivity index (χ3v) is 2.34. The predicted molar refractivity (Wildman–Crippen MR) is 65.8 cm³/mol. The molecule has 0 spiro atoms. The summed E-state index contributed by atoms with van der Waals surface area (Å²) in [7, 11) is 0. The Bertz CT molecular complexity index is 236. The maximum Gasteiger partial charge on any atom is 0.178 e.